The summed E-state index contributed by atoms with van der Waals surface area (Å²) in [6, 6.07) is 3.97. The van der Waals surface area contributed by atoms with Crippen LogP contribution in [0.3, 0.4) is 0 Å². The highest BCUT2D eigenvalue weighted by Gasteiger charge is 2.23. The molecule has 0 aliphatic carbocycles. The zero-order valence-corrected chi connectivity index (χ0v) is 11.9. The van der Waals surface area contributed by atoms with Crippen LogP contribution in [-0.4, -0.2) is 25.2 Å². The number of nitrogen functional groups attached to an aromatic ring is 1. The molecule has 0 bridgehead atoms. The average molecular weight is 286 g/mol. The molecule has 0 atom stereocenters. The summed E-state index contributed by atoms with van der Waals surface area (Å²) in [6.07, 6.45) is 0. The first kappa shape index (κ1) is 15.3. The maximum Gasteiger partial charge on any atom is 0.337 e. The molecule has 1 aromatic carbocycles. The lowest BCUT2D eigenvalue weighted by atomic mass is 10.0. The van der Waals surface area contributed by atoms with Crippen molar-refractivity contribution in [3.05, 3.63) is 23.8 Å². The van der Waals surface area contributed by atoms with E-state index in [1.54, 1.807) is 20.8 Å². The minimum absolute atomic E-state index is 0.0169. The molecule has 19 heavy (non-hydrogen) atoms. The predicted octanol–water partition coefficient (Wildman–Crippen LogP) is 1.75. The molecule has 7 heteroatoms. The Hall–Kier alpha value is -1.76. The number of carbonyl (C=O) groups is 1. The van der Waals surface area contributed by atoms with E-state index in [0.29, 0.717) is 5.69 Å². The molecule has 0 saturated heterocycles. The monoisotopic (exact) mass is 286 g/mol. The minimum atomic E-state index is -3.63. The number of nitrogens with two attached hydrogens (primary N) is 1. The molecule has 106 valence electrons. The standard InChI is InChI=1S/C12H18N2O4S/c1-12(2,3)7-19(17,18)14-10-6-8(13)4-5-9(10)11(15)16/h4-6,14H,7,13H2,1-3H3,(H,15,16). The van der Waals surface area contributed by atoms with E-state index in [4.69, 9.17) is 10.8 Å². The molecule has 0 unspecified atom stereocenters. The molecular weight excluding hydrogens is 268 g/mol. The number of rotatable bonds is 4. The van der Waals surface area contributed by atoms with E-state index in [9.17, 15) is 13.2 Å². The van der Waals surface area contributed by atoms with E-state index in [1.165, 1.54) is 18.2 Å². The van der Waals surface area contributed by atoms with Crippen molar-refractivity contribution in [3.63, 3.8) is 0 Å². The van der Waals surface area contributed by atoms with Gasteiger partial charge in [-0.05, 0) is 23.6 Å². The van der Waals surface area contributed by atoms with Crippen LogP contribution >= 0.6 is 0 Å². The van der Waals surface area contributed by atoms with Gasteiger partial charge in [-0.3, -0.25) is 4.72 Å². The maximum atomic E-state index is 12.0. The van der Waals surface area contributed by atoms with Crippen LogP contribution in [0.2, 0.25) is 0 Å². The third-order valence-electron chi connectivity index (χ3n) is 2.16. The number of hydrogen-bond acceptors (Lipinski definition) is 4. The quantitative estimate of drug-likeness (QED) is 0.730. The number of carboxylic acids is 1. The Bertz CT molecular complexity index is 588. The van der Waals surface area contributed by atoms with Crippen LogP contribution in [0.15, 0.2) is 18.2 Å². The second-order valence-corrected chi connectivity index (χ2v) is 7.25. The van der Waals surface area contributed by atoms with Gasteiger partial charge in [-0.15, -0.1) is 0 Å². The first-order valence-corrected chi connectivity index (χ1v) is 7.29. The van der Waals surface area contributed by atoms with Gasteiger partial charge in [0.2, 0.25) is 10.0 Å². The molecule has 0 aliphatic heterocycles. The van der Waals surface area contributed by atoms with Crippen molar-refractivity contribution in [1.29, 1.82) is 0 Å². The minimum Gasteiger partial charge on any atom is -0.478 e. The van der Waals surface area contributed by atoms with Crippen LogP contribution in [0.4, 0.5) is 11.4 Å². The van der Waals surface area contributed by atoms with E-state index >= 15 is 0 Å². The zero-order chi connectivity index (χ0) is 14.8. The first-order chi connectivity index (χ1) is 8.50. The van der Waals surface area contributed by atoms with Gasteiger partial charge in [-0.1, -0.05) is 20.8 Å². The number of carboxylic acid groups (broad SMARTS) is 1. The summed E-state index contributed by atoms with van der Waals surface area (Å²) in [5, 5.41) is 9.01. The lowest BCUT2D eigenvalue weighted by Gasteiger charge is -2.19. The number of sulfonamides is 1. The summed E-state index contributed by atoms with van der Waals surface area (Å²) in [4.78, 5) is 11.0. The Kier molecular flexibility index (Phi) is 4.09. The SMILES string of the molecule is CC(C)(C)CS(=O)(=O)Nc1cc(N)ccc1C(=O)O. The van der Waals surface area contributed by atoms with Crippen molar-refractivity contribution in [3.8, 4) is 0 Å². The van der Waals surface area contributed by atoms with Gasteiger partial charge >= 0.3 is 5.97 Å². The lowest BCUT2D eigenvalue weighted by Crippen LogP contribution is -2.27. The fraction of sp³-hybridized carbons (Fsp3) is 0.417. The fourth-order valence-electron chi connectivity index (χ4n) is 1.61. The topological polar surface area (TPSA) is 109 Å². The lowest BCUT2D eigenvalue weighted by molar-refractivity contribution is 0.0698. The van der Waals surface area contributed by atoms with Gasteiger partial charge < -0.3 is 10.8 Å². The van der Waals surface area contributed by atoms with Gasteiger partial charge in [0.05, 0.1) is 17.0 Å². The van der Waals surface area contributed by atoms with Gasteiger partial charge in [0.1, 0.15) is 0 Å². The predicted molar refractivity (Wildman–Crippen MR) is 74.7 cm³/mol. The first-order valence-electron chi connectivity index (χ1n) is 5.63. The molecule has 0 spiro atoms. The van der Waals surface area contributed by atoms with Crippen molar-refractivity contribution in [2.45, 2.75) is 20.8 Å². The highest BCUT2D eigenvalue weighted by molar-refractivity contribution is 7.92. The van der Waals surface area contributed by atoms with Crippen LogP contribution in [0, 0.1) is 5.41 Å². The van der Waals surface area contributed by atoms with Crippen LogP contribution < -0.4 is 10.5 Å². The van der Waals surface area contributed by atoms with Gasteiger partial charge in [0, 0.05) is 5.69 Å². The number of anilines is 2. The summed E-state index contributed by atoms with van der Waals surface area (Å²) in [5.41, 5.74) is 5.25. The largest absolute Gasteiger partial charge is 0.478 e. The number of benzene rings is 1. The smallest absolute Gasteiger partial charge is 0.337 e. The third kappa shape index (κ3) is 4.78. The van der Waals surface area contributed by atoms with Crippen molar-refractivity contribution in [2.75, 3.05) is 16.2 Å². The summed E-state index contributed by atoms with van der Waals surface area (Å²) in [7, 11) is -3.63. The van der Waals surface area contributed by atoms with E-state index in [-0.39, 0.29) is 17.0 Å². The average Bonchev–Trinajstić information content (AvgIpc) is 2.11. The third-order valence-corrected chi connectivity index (χ3v) is 3.94. The van der Waals surface area contributed by atoms with Crippen LogP contribution in [0.5, 0.6) is 0 Å². The maximum absolute atomic E-state index is 12.0. The summed E-state index contributed by atoms with van der Waals surface area (Å²) >= 11 is 0. The Morgan fingerprint density at radius 2 is 1.95 bits per heavy atom. The Morgan fingerprint density at radius 1 is 1.37 bits per heavy atom. The molecule has 0 radical (unpaired) electrons. The molecule has 0 aromatic heterocycles. The highest BCUT2D eigenvalue weighted by Crippen LogP contribution is 2.23. The molecule has 6 nitrogen and oxygen atoms in total. The molecule has 1 rings (SSSR count). The molecule has 1 aromatic rings. The molecule has 0 amide bonds. The van der Waals surface area contributed by atoms with E-state index < -0.39 is 21.4 Å². The van der Waals surface area contributed by atoms with Gasteiger partial charge in [-0.25, -0.2) is 13.2 Å². The van der Waals surface area contributed by atoms with Gasteiger partial charge in [-0.2, -0.15) is 0 Å². The van der Waals surface area contributed by atoms with Crippen molar-refractivity contribution < 1.29 is 18.3 Å². The van der Waals surface area contributed by atoms with E-state index in [1.807, 2.05) is 0 Å². The Labute approximate surface area is 112 Å². The molecule has 0 aliphatic rings. The summed E-state index contributed by atoms with van der Waals surface area (Å²) in [5.74, 6) is -1.33. The Morgan fingerprint density at radius 3 is 2.42 bits per heavy atom. The van der Waals surface area contributed by atoms with E-state index in [2.05, 4.69) is 4.72 Å². The Balaban J connectivity index is 3.12. The van der Waals surface area contributed by atoms with Crippen molar-refractivity contribution in [1.82, 2.24) is 0 Å². The highest BCUT2D eigenvalue weighted by atomic mass is 32.2. The number of aromatic carboxylic acids is 1. The summed E-state index contributed by atoms with van der Waals surface area (Å²) in [6.45, 7) is 5.34. The normalized spacial score (nSPS) is 12.2. The molecule has 4 N–H and O–H groups in total. The molecule has 0 saturated carbocycles. The second kappa shape index (κ2) is 5.08. The van der Waals surface area contributed by atoms with Crippen LogP contribution in [-0.2, 0) is 10.0 Å². The molecule has 0 fully saturated rings. The van der Waals surface area contributed by atoms with Crippen molar-refractivity contribution >= 4 is 27.4 Å². The number of hydrogen-bond donors (Lipinski definition) is 3. The van der Waals surface area contributed by atoms with Crippen molar-refractivity contribution in [2.24, 2.45) is 5.41 Å². The fourth-order valence-corrected chi connectivity index (χ4v) is 3.32. The van der Waals surface area contributed by atoms with Crippen LogP contribution in [0.25, 0.3) is 0 Å². The second-order valence-electron chi connectivity index (χ2n) is 5.53. The zero-order valence-electron chi connectivity index (χ0n) is 11.1. The van der Waals surface area contributed by atoms with Gasteiger partial charge in [0.15, 0.2) is 0 Å². The van der Waals surface area contributed by atoms with Gasteiger partial charge in [0.25, 0.3) is 0 Å². The summed E-state index contributed by atoms with van der Waals surface area (Å²) < 4.78 is 26.2. The van der Waals surface area contributed by atoms with E-state index in [0.717, 1.165) is 0 Å². The molecule has 0 heterocycles. The molecular formula is C12H18N2O4S. The van der Waals surface area contributed by atoms with Crippen LogP contribution in [0.1, 0.15) is 31.1 Å². The number of nitrogens with one attached hydrogen (secondary N) is 1.